The summed E-state index contributed by atoms with van der Waals surface area (Å²) < 4.78 is 27.4. The van der Waals surface area contributed by atoms with Crippen molar-refractivity contribution in [2.45, 2.75) is 45.6 Å². The van der Waals surface area contributed by atoms with Crippen molar-refractivity contribution in [2.24, 2.45) is 5.41 Å². The highest BCUT2D eigenvalue weighted by Gasteiger charge is 2.38. The highest BCUT2D eigenvalue weighted by Crippen LogP contribution is 2.47. The fraction of sp³-hybridized carbons (Fsp3) is 0.600. The molecule has 0 aliphatic heterocycles. The average molecular weight is 253 g/mol. The van der Waals surface area contributed by atoms with Gasteiger partial charge in [0.1, 0.15) is 11.6 Å². The van der Waals surface area contributed by atoms with Gasteiger partial charge < -0.3 is 5.32 Å². The standard InChI is InChI=1S/C15H21F2N/c1-10-8-11(13(17)9-12(10)16)14(18-3)15(2)6-4-5-7-15/h8-9,14,18H,4-7H2,1-3H3. The average Bonchev–Trinajstić information content (AvgIpc) is 2.74. The predicted molar refractivity (Wildman–Crippen MR) is 69.5 cm³/mol. The van der Waals surface area contributed by atoms with Crippen molar-refractivity contribution in [1.29, 1.82) is 0 Å². The molecule has 1 aliphatic rings. The maximum absolute atomic E-state index is 14.0. The first-order valence-electron chi connectivity index (χ1n) is 6.61. The molecule has 1 unspecified atom stereocenters. The highest BCUT2D eigenvalue weighted by molar-refractivity contribution is 5.29. The molecule has 1 nitrogen and oxygen atoms in total. The first-order valence-corrected chi connectivity index (χ1v) is 6.61. The Kier molecular flexibility index (Phi) is 3.71. The number of hydrogen-bond donors (Lipinski definition) is 1. The van der Waals surface area contributed by atoms with Gasteiger partial charge in [0.15, 0.2) is 0 Å². The molecule has 0 amide bonds. The largest absolute Gasteiger partial charge is 0.312 e. The zero-order chi connectivity index (χ0) is 13.3. The van der Waals surface area contributed by atoms with Crippen LogP contribution in [-0.4, -0.2) is 7.05 Å². The van der Waals surface area contributed by atoms with Gasteiger partial charge in [-0.15, -0.1) is 0 Å². The Hall–Kier alpha value is -0.960. The van der Waals surface area contributed by atoms with Crippen LogP contribution >= 0.6 is 0 Å². The summed E-state index contributed by atoms with van der Waals surface area (Å²) in [6.45, 7) is 3.88. The van der Waals surface area contributed by atoms with Crippen molar-refractivity contribution >= 4 is 0 Å². The van der Waals surface area contributed by atoms with Crippen LogP contribution in [0, 0.1) is 24.0 Å². The molecule has 1 atom stereocenters. The quantitative estimate of drug-likeness (QED) is 0.854. The van der Waals surface area contributed by atoms with Gasteiger partial charge in [-0.3, -0.25) is 0 Å². The van der Waals surface area contributed by atoms with Crippen molar-refractivity contribution in [3.63, 3.8) is 0 Å². The summed E-state index contributed by atoms with van der Waals surface area (Å²) in [5.41, 5.74) is 1.17. The minimum atomic E-state index is -0.470. The molecule has 1 N–H and O–H groups in total. The molecule has 1 fully saturated rings. The second-order valence-corrected chi connectivity index (χ2v) is 5.71. The van der Waals surface area contributed by atoms with Gasteiger partial charge in [-0.25, -0.2) is 8.78 Å². The van der Waals surface area contributed by atoms with Crippen LogP contribution in [0.1, 0.15) is 49.8 Å². The molecule has 100 valence electrons. The Morgan fingerprint density at radius 3 is 2.33 bits per heavy atom. The van der Waals surface area contributed by atoms with Crippen LogP contribution in [0.25, 0.3) is 0 Å². The van der Waals surface area contributed by atoms with Crippen LogP contribution in [0.15, 0.2) is 12.1 Å². The van der Waals surface area contributed by atoms with E-state index in [-0.39, 0.29) is 11.5 Å². The van der Waals surface area contributed by atoms with Crippen molar-refractivity contribution < 1.29 is 8.78 Å². The number of rotatable bonds is 3. The first-order chi connectivity index (χ1) is 8.48. The Balaban J connectivity index is 2.41. The van der Waals surface area contributed by atoms with Crippen LogP contribution in [0.4, 0.5) is 8.78 Å². The molecule has 2 rings (SSSR count). The molecule has 0 heterocycles. The van der Waals surface area contributed by atoms with E-state index >= 15 is 0 Å². The molecular formula is C15H21F2N. The van der Waals surface area contributed by atoms with Crippen LogP contribution in [0.2, 0.25) is 0 Å². The maximum atomic E-state index is 14.0. The summed E-state index contributed by atoms with van der Waals surface area (Å²) in [5.74, 6) is -0.909. The lowest BCUT2D eigenvalue weighted by atomic mass is 9.77. The molecule has 1 aromatic carbocycles. The smallest absolute Gasteiger partial charge is 0.130 e. The van der Waals surface area contributed by atoms with Crippen molar-refractivity contribution in [3.05, 3.63) is 34.9 Å². The Bertz CT molecular complexity index is 436. The Labute approximate surface area is 108 Å². The van der Waals surface area contributed by atoms with Gasteiger partial charge in [0, 0.05) is 17.7 Å². The van der Waals surface area contributed by atoms with Gasteiger partial charge in [0.25, 0.3) is 0 Å². The number of nitrogens with one attached hydrogen (secondary N) is 1. The molecule has 0 bridgehead atoms. The number of aryl methyl sites for hydroxylation is 1. The Morgan fingerprint density at radius 1 is 1.17 bits per heavy atom. The molecule has 0 spiro atoms. The van der Waals surface area contributed by atoms with E-state index in [0.29, 0.717) is 11.1 Å². The third-order valence-corrected chi connectivity index (χ3v) is 4.32. The lowest BCUT2D eigenvalue weighted by Gasteiger charge is -2.34. The van der Waals surface area contributed by atoms with Crippen LogP contribution in [-0.2, 0) is 0 Å². The maximum Gasteiger partial charge on any atom is 0.130 e. The van der Waals surface area contributed by atoms with Gasteiger partial charge in [0.05, 0.1) is 0 Å². The summed E-state index contributed by atoms with van der Waals surface area (Å²) in [4.78, 5) is 0. The van der Waals surface area contributed by atoms with E-state index in [0.717, 1.165) is 18.9 Å². The summed E-state index contributed by atoms with van der Waals surface area (Å²) in [6, 6.07) is 2.61. The fourth-order valence-corrected chi connectivity index (χ4v) is 3.25. The molecule has 0 radical (unpaired) electrons. The number of benzene rings is 1. The van der Waals surface area contributed by atoms with E-state index in [4.69, 9.17) is 0 Å². The van der Waals surface area contributed by atoms with Gasteiger partial charge in [-0.05, 0) is 43.9 Å². The van der Waals surface area contributed by atoms with Gasteiger partial charge in [-0.2, -0.15) is 0 Å². The minimum absolute atomic E-state index is 0.0423. The van der Waals surface area contributed by atoms with E-state index in [1.54, 1.807) is 13.0 Å². The summed E-state index contributed by atoms with van der Waals surface area (Å²) in [7, 11) is 1.85. The van der Waals surface area contributed by atoms with E-state index in [1.807, 2.05) is 7.05 Å². The highest BCUT2D eigenvalue weighted by atomic mass is 19.1. The molecule has 1 saturated carbocycles. The van der Waals surface area contributed by atoms with Gasteiger partial charge in [0.2, 0.25) is 0 Å². The van der Waals surface area contributed by atoms with Crippen LogP contribution in [0.3, 0.4) is 0 Å². The summed E-state index contributed by atoms with van der Waals surface area (Å²) >= 11 is 0. The lowest BCUT2D eigenvalue weighted by molar-refractivity contribution is 0.228. The molecule has 3 heteroatoms. The van der Waals surface area contributed by atoms with E-state index in [1.165, 1.54) is 12.8 Å². The molecular weight excluding hydrogens is 232 g/mol. The van der Waals surface area contributed by atoms with E-state index < -0.39 is 11.6 Å². The molecule has 0 saturated heterocycles. The summed E-state index contributed by atoms with van der Waals surface area (Å²) in [6.07, 6.45) is 4.57. The van der Waals surface area contributed by atoms with Crippen molar-refractivity contribution in [2.75, 3.05) is 7.05 Å². The Morgan fingerprint density at radius 2 is 1.78 bits per heavy atom. The van der Waals surface area contributed by atoms with Crippen LogP contribution < -0.4 is 5.32 Å². The molecule has 0 aromatic heterocycles. The normalized spacial score (nSPS) is 20.1. The number of hydrogen-bond acceptors (Lipinski definition) is 1. The monoisotopic (exact) mass is 253 g/mol. The zero-order valence-corrected chi connectivity index (χ0v) is 11.3. The first kappa shape index (κ1) is 13.5. The second kappa shape index (κ2) is 4.96. The lowest BCUT2D eigenvalue weighted by Crippen LogP contribution is -2.33. The third kappa shape index (κ3) is 2.28. The molecule has 18 heavy (non-hydrogen) atoms. The third-order valence-electron chi connectivity index (χ3n) is 4.32. The zero-order valence-electron chi connectivity index (χ0n) is 11.3. The summed E-state index contributed by atoms with van der Waals surface area (Å²) in [5, 5.41) is 3.23. The fourth-order valence-electron chi connectivity index (χ4n) is 3.25. The SMILES string of the molecule is CNC(c1cc(C)c(F)cc1F)C1(C)CCCC1. The minimum Gasteiger partial charge on any atom is -0.312 e. The van der Waals surface area contributed by atoms with Crippen molar-refractivity contribution in [1.82, 2.24) is 5.32 Å². The van der Waals surface area contributed by atoms with E-state index in [2.05, 4.69) is 12.2 Å². The van der Waals surface area contributed by atoms with Crippen molar-refractivity contribution in [3.8, 4) is 0 Å². The second-order valence-electron chi connectivity index (χ2n) is 5.71. The molecule has 1 aromatic rings. The van der Waals surface area contributed by atoms with E-state index in [9.17, 15) is 8.78 Å². The predicted octanol–water partition coefficient (Wildman–Crippen LogP) is 4.11. The van der Waals surface area contributed by atoms with Gasteiger partial charge in [-0.1, -0.05) is 19.8 Å². The number of halogens is 2. The molecule has 1 aliphatic carbocycles. The topological polar surface area (TPSA) is 12.0 Å². The van der Waals surface area contributed by atoms with Crippen LogP contribution in [0.5, 0.6) is 0 Å². The van der Waals surface area contributed by atoms with Gasteiger partial charge >= 0.3 is 0 Å².